The standard InChI is InChI=1S/C19H32N2/c1-16(2)9-5-3-4-6-13-20-15-17-10-7-12-19-18(17)11-8-14-21-19/h7,10,12,16,20-21H,3-6,8-9,11,13-15H2,1-2H3. The van der Waals surface area contributed by atoms with E-state index < -0.39 is 0 Å². The highest BCUT2D eigenvalue weighted by Crippen LogP contribution is 2.25. The highest BCUT2D eigenvalue weighted by Gasteiger charge is 2.11. The molecule has 1 aliphatic rings. The molecule has 0 amide bonds. The minimum Gasteiger partial charge on any atom is -0.385 e. The smallest absolute Gasteiger partial charge is 0.0375 e. The van der Waals surface area contributed by atoms with Gasteiger partial charge in [-0.1, -0.05) is 51.7 Å². The van der Waals surface area contributed by atoms with Gasteiger partial charge in [-0.25, -0.2) is 0 Å². The van der Waals surface area contributed by atoms with Gasteiger partial charge in [0.25, 0.3) is 0 Å². The average molecular weight is 288 g/mol. The first-order valence-corrected chi connectivity index (χ1v) is 8.82. The van der Waals surface area contributed by atoms with Crippen LogP contribution in [0.4, 0.5) is 5.69 Å². The molecule has 1 heterocycles. The van der Waals surface area contributed by atoms with Crippen molar-refractivity contribution in [3.8, 4) is 0 Å². The summed E-state index contributed by atoms with van der Waals surface area (Å²) in [4.78, 5) is 0. The molecule has 118 valence electrons. The van der Waals surface area contributed by atoms with Crippen LogP contribution in [0, 0.1) is 5.92 Å². The van der Waals surface area contributed by atoms with Gasteiger partial charge in [-0.15, -0.1) is 0 Å². The van der Waals surface area contributed by atoms with Crippen molar-refractivity contribution >= 4 is 5.69 Å². The fraction of sp³-hybridized carbons (Fsp3) is 0.684. The molecular formula is C19H32N2. The number of benzene rings is 1. The first-order valence-electron chi connectivity index (χ1n) is 8.82. The lowest BCUT2D eigenvalue weighted by atomic mass is 9.97. The van der Waals surface area contributed by atoms with Gasteiger partial charge in [0.15, 0.2) is 0 Å². The van der Waals surface area contributed by atoms with Crippen molar-refractivity contribution in [1.82, 2.24) is 5.32 Å². The largest absolute Gasteiger partial charge is 0.385 e. The number of hydrogen-bond donors (Lipinski definition) is 2. The van der Waals surface area contributed by atoms with Crippen LogP contribution in [-0.4, -0.2) is 13.1 Å². The maximum Gasteiger partial charge on any atom is 0.0375 e. The van der Waals surface area contributed by atoms with Crippen LogP contribution in [0.2, 0.25) is 0 Å². The van der Waals surface area contributed by atoms with Gasteiger partial charge in [-0.3, -0.25) is 0 Å². The van der Waals surface area contributed by atoms with Crippen molar-refractivity contribution in [3.63, 3.8) is 0 Å². The Balaban J connectivity index is 1.61. The summed E-state index contributed by atoms with van der Waals surface area (Å²) in [5.74, 6) is 0.862. The Morgan fingerprint density at radius 3 is 2.86 bits per heavy atom. The monoisotopic (exact) mass is 288 g/mol. The molecule has 0 fully saturated rings. The molecule has 2 rings (SSSR count). The quantitative estimate of drug-likeness (QED) is 0.641. The number of hydrogen-bond acceptors (Lipinski definition) is 2. The number of anilines is 1. The number of nitrogens with one attached hydrogen (secondary N) is 2. The zero-order chi connectivity index (χ0) is 14.9. The second-order valence-electron chi connectivity index (χ2n) is 6.75. The summed E-state index contributed by atoms with van der Waals surface area (Å²) in [5.41, 5.74) is 4.38. The van der Waals surface area contributed by atoms with E-state index in [0.717, 1.165) is 25.6 Å². The van der Waals surface area contributed by atoms with Crippen LogP contribution in [-0.2, 0) is 13.0 Å². The normalized spacial score (nSPS) is 14.0. The second-order valence-corrected chi connectivity index (χ2v) is 6.75. The van der Waals surface area contributed by atoms with E-state index in [1.807, 2.05) is 0 Å². The van der Waals surface area contributed by atoms with Crippen LogP contribution >= 0.6 is 0 Å². The molecule has 0 aromatic heterocycles. The molecule has 1 aromatic carbocycles. The summed E-state index contributed by atoms with van der Waals surface area (Å²) in [5, 5.41) is 7.13. The third-order valence-electron chi connectivity index (χ3n) is 4.39. The maximum absolute atomic E-state index is 3.62. The van der Waals surface area contributed by atoms with Gasteiger partial charge in [0.05, 0.1) is 0 Å². The summed E-state index contributed by atoms with van der Waals surface area (Å²) in [6, 6.07) is 6.67. The summed E-state index contributed by atoms with van der Waals surface area (Å²) >= 11 is 0. The molecule has 1 aromatic rings. The van der Waals surface area contributed by atoms with E-state index >= 15 is 0 Å². The lowest BCUT2D eigenvalue weighted by molar-refractivity contribution is 0.512. The predicted molar refractivity (Wildman–Crippen MR) is 92.9 cm³/mol. The van der Waals surface area contributed by atoms with Crippen molar-refractivity contribution < 1.29 is 0 Å². The molecule has 2 nitrogen and oxygen atoms in total. The van der Waals surface area contributed by atoms with E-state index in [1.165, 1.54) is 61.8 Å². The van der Waals surface area contributed by atoms with E-state index in [4.69, 9.17) is 0 Å². The first kappa shape index (κ1) is 16.4. The molecular weight excluding hydrogens is 256 g/mol. The molecule has 1 aliphatic heterocycles. The van der Waals surface area contributed by atoms with Crippen molar-refractivity contribution in [3.05, 3.63) is 29.3 Å². The van der Waals surface area contributed by atoms with Crippen molar-refractivity contribution in [1.29, 1.82) is 0 Å². The third-order valence-corrected chi connectivity index (χ3v) is 4.39. The van der Waals surface area contributed by atoms with E-state index in [9.17, 15) is 0 Å². The van der Waals surface area contributed by atoms with E-state index in [1.54, 1.807) is 0 Å². The Bertz CT molecular complexity index is 412. The summed E-state index contributed by atoms with van der Waals surface area (Å²) in [6.45, 7) is 7.93. The second kappa shape index (κ2) is 9.09. The summed E-state index contributed by atoms with van der Waals surface area (Å²) in [6.07, 6.45) is 9.35. The van der Waals surface area contributed by atoms with Crippen molar-refractivity contribution in [2.45, 2.75) is 65.3 Å². The number of fused-ring (bicyclic) bond motifs is 1. The van der Waals surface area contributed by atoms with Gasteiger partial charge in [0.2, 0.25) is 0 Å². The van der Waals surface area contributed by atoms with E-state index in [2.05, 4.69) is 42.7 Å². The highest BCUT2D eigenvalue weighted by atomic mass is 14.9. The Morgan fingerprint density at radius 1 is 1.14 bits per heavy atom. The number of rotatable bonds is 9. The molecule has 0 radical (unpaired) electrons. The fourth-order valence-electron chi connectivity index (χ4n) is 3.13. The van der Waals surface area contributed by atoms with E-state index in [-0.39, 0.29) is 0 Å². The van der Waals surface area contributed by atoms with Crippen LogP contribution in [0.3, 0.4) is 0 Å². The average Bonchev–Trinajstić information content (AvgIpc) is 2.50. The first-order chi connectivity index (χ1) is 10.3. The van der Waals surface area contributed by atoms with Gasteiger partial charge < -0.3 is 10.6 Å². The van der Waals surface area contributed by atoms with Gasteiger partial charge in [0.1, 0.15) is 0 Å². The molecule has 0 saturated carbocycles. The van der Waals surface area contributed by atoms with Gasteiger partial charge >= 0.3 is 0 Å². The Kier molecular flexibility index (Phi) is 7.08. The Labute approximate surface area is 130 Å². The topological polar surface area (TPSA) is 24.1 Å². The molecule has 0 atom stereocenters. The molecule has 0 aliphatic carbocycles. The third kappa shape index (κ3) is 5.70. The molecule has 0 bridgehead atoms. The summed E-state index contributed by atoms with van der Waals surface area (Å²) in [7, 11) is 0. The van der Waals surface area contributed by atoms with Gasteiger partial charge in [0, 0.05) is 18.8 Å². The van der Waals surface area contributed by atoms with Crippen LogP contribution in [0.5, 0.6) is 0 Å². The molecule has 0 unspecified atom stereocenters. The molecule has 2 heteroatoms. The number of unbranched alkanes of at least 4 members (excludes halogenated alkanes) is 3. The fourth-order valence-corrected chi connectivity index (χ4v) is 3.13. The Hall–Kier alpha value is -1.02. The lowest BCUT2D eigenvalue weighted by Crippen LogP contribution is -2.19. The minimum absolute atomic E-state index is 0.862. The zero-order valence-corrected chi connectivity index (χ0v) is 13.9. The minimum atomic E-state index is 0.862. The molecule has 2 N–H and O–H groups in total. The van der Waals surface area contributed by atoms with Gasteiger partial charge in [-0.2, -0.15) is 0 Å². The zero-order valence-electron chi connectivity index (χ0n) is 13.9. The maximum atomic E-state index is 3.62. The van der Waals surface area contributed by atoms with Crippen LogP contribution in [0.25, 0.3) is 0 Å². The van der Waals surface area contributed by atoms with E-state index in [0.29, 0.717) is 0 Å². The molecule has 0 spiro atoms. The highest BCUT2D eigenvalue weighted by molar-refractivity contribution is 5.56. The SMILES string of the molecule is CC(C)CCCCCCNCc1cccc2c1CCCN2. The van der Waals surface area contributed by atoms with Crippen molar-refractivity contribution in [2.75, 3.05) is 18.4 Å². The summed E-state index contributed by atoms with van der Waals surface area (Å²) < 4.78 is 0. The van der Waals surface area contributed by atoms with Crippen LogP contribution in [0.1, 0.15) is 63.5 Å². The van der Waals surface area contributed by atoms with Crippen LogP contribution < -0.4 is 10.6 Å². The van der Waals surface area contributed by atoms with Crippen LogP contribution in [0.15, 0.2) is 18.2 Å². The lowest BCUT2D eigenvalue weighted by Gasteiger charge is -2.21. The molecule has 21 heavy (non-hydrogen) atoms. The predicted octanol–water partition coefficient (Wildman–Crippen LogP) is 4.74. The van der Waals surface area contributed by atoms with Gasteiger partial charge in [-0.05, 0) is 48.9 Å². The molecule has 0 saturated heterocycles. The Morgan fingerprint density at radius 2 is 2.00 bits per heavy atom. The van der Waals surface area contributed by atoms with Crippen molar-refractivity contribution in [2.24, 2.45) is 5.92 Å².